The molecule has 5 rings (SSSR count). The molecule has 0 aliphatic carbocycles. The second-order valence-electron chi connectivity index (χ2n) is 9.75. The lowest BCUT2D eigenvalue weighted by Crippen LogP contribution is -2.47. The Morgan fingerprint density at radius 3 is 2.54 bits per heavy atom. The van der Waals surface area contributed by atoms with Gasteiger partial charge in [0.05, 0.1) is 17.9 Å². The van der Waals surface area contributed by atoms with E-state index in [2.05, 4.69) is 27.2 Å². The summed E-state index contributed by atoms with van der Waals surface area (Å²) in [6, 6.07) is 8.39. The number of aliphatic hydroxyl groups is 1. The Kier molecular flexibility index (Phi) is 6.44. The van der Waals surface area contributed by atoms with E-state index in [-0.39, 0.29) is 12.5 Å². The lowest BCUT2D eigenvalue weighted by Gasteiger charge is -2.34. The maximum absolute atomic E-state index is 13.6. The molecule has 1 aromatic heterocycles. The normalized spacial score (nSPS) is 22.1. The Morgan fingerprint density at radius 1 is 1.11 bits per heavy atom. The fraction of sp³-hybridized carbons (Fsp3) is 0.407. The van der Waals surface area contributed by atoms with Gasteiger partial charge in [0.2, 0.25) is 0 Å². The summed E-state index contributed by atoms with van der Waals surface area (Å²) in [5.74, 6) is -0.203. The SMILES string of the molecule is CC1(C)OC(=C2C(=O)Nc3cc(F)ccc32)C=C1c1ccc(CCN2CCN(CCO)CC2)nc1. The van der Waals surface area contributed by atoms with Gasteiger partial charge in [0.15, 0.2) is 0 Å². The number of fused-ring (bicyclic) bond motifs is 1. The maximum Gasteiger partial charge on any atom is 0.260 e. The van der Waals surface area contributed by atoms with Crippen LogP contribution in [-0.2, 0) is 16.0 Å². The van der Waals surface area contributed by atoms with Crippen LogP contribution in [0.2, 0.25) is 0 Å². The van der Waals surface area contributed by atoms with Crippen LogP contribution in [0.25, 0.3) is 11.1 Å². The fourth-order valence-electron chi connectivity index (χ4n) is 4.99. The molecule has 2 aromatic rings. The number of carbonyl (C=O) groups excluding carboxylic acids is 1. The van der Waals surface area contributed by atoms with E-state index >= 15 is 0 Å². The second kappa shape index (κ2) is 9.53. The van der Waals surface area contributed by atoms with Crippen molar-refractivity contribution in [3.05, 3.63) is 71.0 Å². The number of nitrogens with one attached hydrogen (secondary N) is 1. The van der Waals surface area contributed by atoms with Gasteiger partial charge in [-0.25, -0.2) is 4.39 Å². The first-order chi connectivity index (χ1) is 16.8. The molecule has 4 heterocycles. The van der Waals surface area contributed by atoms with E-state index in [9.17, 15) is 9.18 Å². The number of allylic oxidation sites excluding steroid dienone is 1. The minimum atomic E-state index is -0.636. The second-order valence-corrected chi connectivity index (χ2v) is 9.75. The van der Waals surface area contributed by atoms with Crippen molar-refractivity contribution in [2.75, 3.05) is 51.2 Å². The Morgan fingerprint density at radius 2 is 1.86 bits per heavy atom. The molecule has 0 atom stereocenters. The van der Waals surface area contributed by atoms with E-state index in [1.54, 1.807) is 6.07 Å². The molecule has 0 spiro atoms. The van der Waals surface area contributed by atoms with Gasteiger partial charge in [-0.15, -0.1) is 0 Å². The lowest BCUT2D eigenvalue weighted by molar-refractivity contribution is -0.111. The number of halogens is 1. The van der Waals surface area contributed by atoms with E-state index in [1.807, 2.05) is 26.1 Å². The molecule has 2 N–H and O–H groups in total. The van der Waals surface area contributed by atoms with Crippen molar-refractivity contribution in [3.63, 3.8) is 0 Å². The average Bonchev–Trinajstić information content (AvgIpc) is 3.33. The predicted octanol–water partition coefficient (Wildman–Crippen LogP) is 2.93. The smallest absolute Gasteiger partial charge is 0.260 e. The highest BCUT2D eigenvalue weighted by molar-refractivity contribution is 6.32. The number of amides is 1. The number of β-amino-alcohol motifs (C(OH)–C–C–N with tert-alkyl or cyclic N) is 1. The van der Waals surface area contributed by atoms with Crippen LogP contribution in [0.4, 0.5) is 10.1 Å². The number of hydrogen-bond acceptors (Lipinski definition) is 6. The van der Waals surface area contributed by atoms with Gasteiger partial charge in [-0.3, -0.25) is 14.7 Å². The highest BCUT2D eigenvalue weighted by Gasteiger charge is 2.38. The van der Waals surface area contributed by atoms with Crippen molar-refractivity contribution in [1.29, 1.82) is 0 Å². The van der Waals surface area contributed by atoms with Crippen molar-refractivity contribution >= 4 is 22.7 Å². The number of ether oxygens (including phenoxy) is 1. The van der Waals surface area contributed by atoms with Crippen molar-refractivity contribution < 1.29 is 19.0 Å². The van der Waals surface area contributed by atoms with Gasteiger partial charge in [0.1, 0.15) is 17.2 Å². The summed E-state index contributed by atoms with van der Waals surface area (Å²) in [7, 11) is 0. The van der Waals surface area contributed by atoms with Crippen molar-refractivity contribution in [1.82, 2.24) is 14.8 Å². The molecule has 3 aliphatic rings. The molecule has 0 saturated carbocycles. The molecule has 1 amide bonds. The van der Waals surface area contributed by atoms with E-state index in [0.717, 1.165) is 62.5 Å². The molecule has 0 bridgehead atoms. The van der Waals surface area contributed by atoms with Gasteiger partial charge >= 0.3 is 0 Å². The number of benzene rings is 1. The molecule has 8 heteroatoms. The molecule has 0 radical (unpaired) electrons. The molecule has 0 unspecified atom stereocenters. The Hall–Kier alpha value is -3.07. The third-order valence-electron chi connectivity index (χ3n) is 6.96. The number of piperazine rings is 1. The highest BCUT2D eigenvalue weighted by atomic mass is 19.1. The third kappa shape index (κ3) is 4.87. The number of anilines is 1. The van der Waals surface area contributed by atoms with Crippen molar-refractivity contribution in [3.8, 4) is 0 Å². The van der Waals surface area contributed by atoms with Crippen LogP contribution >= 0.6 is 0 Å². The summed E-state index contributed by atoms with van der Waals surface area (Å²) in [4.78, 5) is 22.1. The third-order valence-corrected chi connectivity index (χ3v) is 6.96. The summed E-state index contributed by atoms with van der Waals surface area (Å²) < 4.78 is 19.8. The maximum atomic E-state index is 13.6. The van der Waals surface area contributed by atoms with Gasteiger partial charge in [0.25, 0.3) is 5.91 Å². The Labute approximate surface area is 204 Å². The van der Waals surface area contributed by atoms with Crippen LogP contribution in [0.1, 0.15) is 30.7 Å². The van der Waals surface area contributed by atoms with Gasteiger partial charge in [-0.2, -0.15) is 0 Å². The van der Waals surface area contributed by atoms with Crippen LogP contribution in [0.3, 0.4) is 0 Å². The van der Waals surface area contributed by atoms with E-state index in [4.69, 9.17) is 14.8 Å². The lowest BCUT2D eigenvalue weighted by atomic mass is 9.93. The first kappa shape index (κ1) is 23.7. The first-order valence-electron chi connectivity index (χ1n) is 12.1. The highest BCUT2D eigenvalue weighted by Crippen LogP contribution is 2.44. The summed E-state index contributed by atoms with van der Waals surface area (Å²) in [6.07, 6.45) is 4.65. The van der Waals surface area contributed by atoms with Gasteiger partial charge in [-0.05, 0) is 44.2 Å². The summed E-state index contributed by atoms with van der Waals surface area (Å²) in [5.41, 5.74) is 3.82. The predicted molar refractivity (Wildman–Crippen MR) is 133 cm³/mol. The summed E-state index contributed by atoms with van der Waals surface area (Å²) in [5, 5.41) is 11.8. The standard InChI is InChI=1S/C27H31FN4O3/c1-27(2)22(16-24(35-27)25-21-6-4-19(28)15-23(21)30-26(25)34)18-3-5-20(29-17-18)7-8-31-9-11-32(12-10-31)13-14-33/h3-6,15-17,33H,7-14H2,1-2H3,(H,30,34). The number of carbonyl (C=O) groups is 1. The molecule has 184 valence electrons. The van der Waals surface area contributed by atoms with Crippen molar-refractivity contribution in [2.24, 2.45) is 0 Å². The number of aromatic nitrogens is 1. The van der Waals surface area contributed by atoms with E-state index in [1.165, 1.54) is 12.1 Å². The molecular formula is C27H31FN4O3. The first-order valence-corrected chi connectivity index (χ1v) is 12.1. The summed E-state index contributed by atoms with van der Waals surface area (Å²) >= 11 is 0. The minimum absolute atomic E-state index is 0.216. The fourth-order valence-corrected chi connectivity index (χ4v) is 4.99. The molecule has 1 fully saturated rings. The number of pyridine rings is 1. The average molecular weight is 479 g/mol. The molecular weight excluding hydrogens is 447 g/mol. The molecule has 1 saturated heterocycles. The van der Waals surface area contributed by atoms with Crippen LogP contribution in [0.15, 0.2) is 48.4 Å². The van der Waals surface area contributed by atoms with Crippen LogP contribution < -0.4 is 5.32 Å². The summed E-state index contributed by atoms with van der Waals surface area (Å²) in [6.45, 7) is 9.87. The molecule has 35 heavy (non-hydrogen) atoms. The Balaban J connectivity index is 1.30. The van der Waals surface area contributed by atoms with Gasteiger partial charge in [0, 0.05) is 74.3 Å². The van der Waals surface area contributed by atoms with E-state index in [0.29, 0.717) is 22.6 Å². The molecule has 3 aliphatic heterocycles. The molecule has 7 nitrogen and oxygen atoms in total. The zero-order valence-corrected chi connectivity index (χ0v) is 20.2. The zero-order chi connectivity index (χ0) is 24.6. The van der Waals surface area contributed by atoms with Gasteiger partial charge in [-0.1, -0.05) is 6.07 Å². The van der Waals surface area contributed by atoms with Crippen LogP contribution in [0.5, 0.6) is 0 Å². The molecule has 1 aromatic carbocycles. The Bertz CT molecular complexity index is 1180. The topological polar surface area (TPSA) is 77.9 Å². The van der Waals surface area contributed by atoms with Crippen molar-refractivity contribution in [2.45, 2.75) is 25.9 Å². The number of nitrogens with zero attached hydrogens (tertiary/aromatic N) is 3. The zero-order valence-electron chi connectivity index (χ0n) is 20.2. The number of aliphatic hydroxyl groups excluding tert-OH is 1. The quantitative estimate of drug-likeness (QED) is 0.622. The van der Waals surface area contributed by atoms with Gasteiger partial charge < -0.3 is 20.1 Å². The van der Waals surface area contributed by atoms with Crippen LogP contribution in [0, 0.1) is 5.82 Å². The monoisotopic (exact) mass is 478 g/mol. The van der Waals surface area contributed by atoms with Crippen LogP contribution in [-0.4, -0.2) is 77.3 Å². The largest absolute Gasteiger partial charge is 0.482 e. The minimum Gasteiger partial charge on any atom is -0.482 e. The van der Waals surface area contributed by atoms with E-state index < -0.39 is 11.4 Å². The number of rotatable bonds is 6. The number of hydrogen-bond donors (Lipinski definition) is 2.